The first-order valence-corrected chi connectivity index (χ1v) is 10.4. The van der Waals surface area contributed by atoms with Crippen molar-refractivity contribution >= 4 is 18.0 Å². The standard InChI is InChI=1S/C22H31N3O5/c1-21(2,3)30-20(28)25-13-11-24(12-14-25)10-9-23-19(27)22(4)15-16-7-5-6-8-17(16)18(26)29-22/h5-8H,9-15H2,1-4H3,(H,23,27). The van der Waals surface area contributed by atoms with Gasteiger partial charge >= 0.3 is 12.1 Å². The number of rotatable bonds is 4. The predicted octanol–water partition coefficient (Wildman–Crippen LogP) is 1.83. The van der Waals surface area contributed by atoms with Crippen molar-refractivity contribution in [3.63, 3.8) is 0 Å². The largest absolute Gasteiger partial charge is 0.445 e. The maximum atomic E-state index is 12.7. The van der Waals surface area contributed by atoms with Gasteiger partial charge < -0.3 is 19.7 Å². The van der Waals surface area contributed by atoms with Crippen LogP contribution in [0.2, 0.25) is 0 Å². The monoisotopic (exact) mass is 417 g/mol. The van der Waals surface area contributed by atoms with Gasteiger partial charge in [0.05, 0.1) is 5.56 Å². The summed E-state index contributed by atoms with van der Waals surface area (Å²) in [5, 5.41) is 2.89. The molecule has 1 unspecified atom stereocenters. The van der Waals surface area contributed by atoms with Crippen LogP contribution < -0.4 is 5.32 Å². The zero-order valence-electron chi connectivity index (χ0n) is 18.2. The minimum absolute atomic E-state index is 0.289. The summed E-state index contributed by atoms with van der Waals surface area (Å²) in [6.45, 7) is 10.9. The fraction of sp³-hybridized carbons (Fsp3) is 0.591. The van der Waals surface area contributed by atoms with Crippen LogP contribution in [0.1, 0.15) is 43.6 Å². The number of ether oxygens (including phenoxy) is 2. The predicted molar refractivity (Wildman–Crippen MR) is 111 cm³/mol. The lowest BCUT2D eigenvalue weighted by Crippen LogP contribution is -2.54. The Morgan fingerprint density at radius 3 is 2.50 bits per heavy atom. The molecule has 3 rings (SSSR count). The average Bonchev–Trinajstić information content (AvgIpc) is 2.67. The molecule has 0 bridgehead atoms. The number of fused-ring (bicyclic) bond motifs is 1. The summed E-state index contributed by atoms with van der Waals surface area (Å²) >= 11 is 0. The van der Waals surface area contributed by atoms with Crippen molar-refractivity contribution in [1.82, 2.24) is 15.1 Å². The van der Waals surface area contributed by atoms with E-state index in [2.05, 4.69) is 10.2 Å². The number of cyclic esters (lactones) is 1. The molecule has 30 heavy (non-hydrogen) atoms. The average molecular weight is 418 g/mol. The zero-order valence-corrected chi connectivity index (χ0v) is 18.2. The molecule has 1 aromatic rings. The molecule has 2 aliphatic heterocycles. The molecule has 8 heteroatoms. The van der Waals surface area contributed by atoms with Crippen LogP contribution >= 0.6 is 0 Å². The Hall–Kier alpha value is -2.61. The Balaban J connectivity index is 1.43. The van der Waals surface area contributed by atoms with E-state index >= 15 is 0 Å². The first-order chi connectivity index (χ1) is 14.1. The van der Waals surface area contributed by atoms with E-state index < -0.39 is 17.2 Å². The quantitative estimate of drug-likeness (QED) is 0.752. The second-order valence-electron chi connectivity index (χ2n) is 9.02. The number of hydrogen-bond donors (Lipinski definition) is 1. The lowest BCUT2D eigenvalue weighted by molar-refractivity contribution is -0.139. The van der Waals surface area contributed by atoms with Gasteiger partial charge in [0.2, 0.25) is 0 Å². The first kappa shape index (κ1) is 22.1. The van der Waals surface area contributed by atoms with Crippen LogP contribution in [0.25, 0.3) is 0 Å². The third-order valence-corrected chi connectivity index (χ3v) is 5.30. The number of carbonyl (C=O) groups is 3. The number of benzene rings is 1. The summed E-state index contributed by atoms with van der Waals surface area (Å²) in [5.74, 6) is -0.759. The smallest absolute Gasteiger partial charge is 0.410 e. The van der Waals surface area contributed by atoms with Crippen molar-refractivity contribution in [2.75, 3.05) is 39.3 Å². The van der Waals surface area contributed by atoms with Gasteiger partial charge in [-0.1, -0.05) is 18.2 Å². The van der Waals surface area contributed by atoms with Crippen molar-refractivity contribution in [3.05, 3.63) is 35.4 Å². The third kappa shape index (κ3) is 5.30. The van der Waals surface area contributed by atoms with E-state index in [-0.39, 0.29) is 12.0 Å². The molecule has 2 amide bonds. The molecule has 2 heterocycles. The van der Waals surface area contributed by atoms with Crippen LogP contribution in [0.3, 0.4) is 0 Å². The van der Waals surface area contributed by atoms with Crippen molar-refractivity contribution < 1.29 is 23.9 Å². The van der Waals surface area contributed by atoms with Crippen LogP contribution in [0.4, 0.5) is 4.79 Å². The molecule has 1 fully saturated rings. The molecule has 0 spiro atoms. The van der Waals surface area contributed by atoms with E-state index in [1.54, 1.807) is 24.0 Å². The molecule has 0 aliphatic carbocycles. The van der Waals surface area contributed by atoms with E-state index in [0.717, 1.165) is 18.7 Å². The summed E-state index contributed by atoms with van der Waals surface area (Å²) in [7, 11) is 0. The Kier molecular flexibility index (Phi) is 6.36. The van der Waals surface area contributed by atoms with Gasteiger partial charge in [0.25, 0.3) is 5.91 Å². The number of esters is 1. The van der Waals surface area contributed by atoms with Crippen LogP contribution in [0.15, 0.2) is 24.3 Å². The van der Waals surface area contributed by atoms with E-state index in [4.69, 9.17) is 9.47 Å². The van der Waals surface area contributed by atoms with E-state index in [1.165, 1.54) is 0 Å². The second kappa shape index (κ2) is 8.63. The van der Waals surface area contributed by atoms with Crippen molar-refractivity contribution in [2.45, 2.75) is 45.3 Å². The molecule has 8 nitrogen and oxygen atoms in total. The van der Waals surface area contributed by atoms with Gasteiger partial charge in [-0.05, 0) is 39.3 Å². The highest BCUT2D eigenvalue weighted by Gasteiger charge is 2.42. The van der Waals surface area contributed by atoms with Crippen LogP contribution in [0, 0.1) is 0 Å². The van der Waals surface area contributed by atoms with E-state index in [1.807, 2.05) is 32.9 Å². The highest BCUT2D eigenvalue weighted by Crippen LogP contribution is 2.28. The first-order valence-electron chi connectivity index (χ1n) is 10.4. The summed E-state index contributed by atoms with van der Waals surface area (Å²) < 4.78 is 10.9. The minimum atomic E-state index is -1.21. The van der Waals surface area contributed by atoms with Gasteiger partial charge in [0.1, 0.15) is 5.60 Å². The van der Waals surface area contributed by atoms with Gasteiger partial charge in [0, 0.05) is 45.7 Å². The molecular weight excluding hydrogens is 386 g/mol. The van der Waals surface area contributed by atoms with Crippen molar-refractivity contribution in [3.8, 4) is 0 Å². The molecule has 0 aromatic heterocycles. The van der Waals surface area contributed by atoms with Gasteiger partial charge in [-0.25, -0.2) is 9.59 Å². The number of hydrogen-bond acceptors (Lipinski definition) is 6. The highest BCUT2D eigenvalue weighted by molar-refractivity contribution is 5.97. The van der Waals surface area contributed by atoms with Gasteiger partial charge in [-0.2, -0.15) is 0 Å². The van der Waals surface area contributed by atoms with Crippen LogP contribution in [0.5, 0.6) is 0 Å². The third-order valence-electron chi connectivity index (χ3n) is 5.30. The number of piperazine rings is 1. The molecule has 1 saturated heterocycles. The SMILES string of the molecule is CC(C)(C)OC(=O)N1CCN(CCNC(=O)C2(C)Cc3ccccc3C(=O)O2)CC1. The van der Waals surface area contributed by atoms with E-state index in [0.29, 0.717) is 38.2 Å². The normalized spacial score (nSPS) is 22.1. The number of nitrogens with one attached hydrogen (secondary N) is 1. The molecule has 2 aliphatic rings. The van der Waals surface area contributed by atoms with Crippen LogP contribution in [-0.4, -0.2) is 78.2 Å². The minimum Gasteiger partial charge on any atom is -0.445 e. The van der Waals surface area contributed by atoms with Crippen molar-refractivity contribution in [2.24, 2.45) is 0 Å². The second-order valence-corrected chi connectivity index (χ2v) is 9.02. The lowest BCUT2D eigenvalue weighted by atomic mass is 9.89. The van der Waals surface area contributed by atoms with E-state index in [9.17, 15) is 14.4 Å². The number of carbonyl (C=O) groups excluding carboxylic acids is 3. The van der Waals surface area contributed by atoms with Crippen molar-refractivity contribution in [1.29, 1.82) is 0 Å². The highest BCUT2D eigenvalue weighted by atomic mass is 16.6. The molecule has 164 valence electrons. The maximum absolute atomic E-state index is 12.7. The molecule has 0 saturated carbocycles. The Labute approximate surface area is 177 Å². The van der Waals surface area contributed by atoms with Gasteiger partial charge in [-0.15, -0.1) is 0 Å². The topological polar surface area (TPSA) is 88.2 Å². The zero-order chi connectivity index (χ0) is 21.9. The number of nitrogens with zero attached hydrogens (tertiary/aromatic N) is 2. The molecule has 1 aromatic carbocycles. The number of amides is 2. The maximum Gasteiger partial charge on any atom is 0.410 e. The summed E-state index contributed by atoms with van der Waals surface area (Å²) in [6.07, 6.45) is 0.0674. The fourth-order valence-electron chi connectivity index (χ4n) is 3.65. The Bertz CT molecular complexity index is 811. The molecule has 1 N–H and O–H groups in total. The van der Waals surface area contributed by atoms with Gasteiger partial charge in [-0.3, -0.25) is 9.69 Å². The summed E-state index contributed by atoms with van der Waals surface area (Å²) in [6, 6.07) is 7.20. The molecular formula is C22H31N3O5. The molecule has 0 radical (unpaired) electrons. The lowest BCUT2D eigenvalue weighted by Gasteiger charge is -2.36. The van der Waals surface area contributed by atoms with Crippen LogP contribution in [-0.2, 0) is 20.7 Å². The summed E-state index contributed by atoms with van der Waals surface area (Å²) in [5.41, 5.74) is -0.367. The fourth-order valence-corrected chi connectivity index (χ4v) is 3.65. The Morgan fingerprint density at radius 1 is 1.17 bits per heavy atom. The summed E-state index contributed by atoms with van der Waals surface area (Å²) in [4.78, 5) is 41.0. The Morgan fingerprint density at radius 2 is 1.83 bits per heavy atom. The van der Waals surface area contributed by atoms with Gasteiger partial charge in [0.15, 0.2) is 5.60 Å². The molecule has 1 atom stereocenters.